The van der Waals surface area contributed by atoms with Gasteiger partial charge in [-0.3, -0.25) is 9.59 Å². The van der Waals surface area contributed by atoms with Crippen molar-refractivity contribution in [2.75, 3.05) is 0 Å². The molecule has 0 saturated heterocycles. The standard InChI is InChI=1S/2C9H16O/c2*1-2-3-4-5-6-7-8-9-10/h2*7-9H,2-6H2,1H3. The molecule has 0 aliphatic carbocycles. The molecule has 0 amide bonds. The molecule has 116 valence electrons. The molecule has 0 atom stereocenters. The second kappa shape index (κ2) is 23.0. The Morgan fingerprint density at radius 3 is 1.30 bits per heavy atom. The highest BCUT2D eigenvalue weighted by atomic mass is 16.1. The lowest BCUT2D eigenvalue weighted by Crippen LogP contribution is -1.73. The highest BCUT2D eigenvalue weighted by Crippen LogP contribution is 2.02. The third-order valence-corrected chi connectivity index (χ3v) is 2.88. The van der Waals surface area contributed by atoms with Gasteiger partial charge in [0.2, 0.25) is 0 Å². The van der Waals surface area contributed by atoms with Gasteiger partial charge in [0.15, 0.2) is 0 Å². The second-order valence-corrected chi connectivity index (χ2v) is 4.83. The first-order valence-electron chi connectivity index (χ1n) is 8.04. The third-order valence-electron chi connectivity index (χ3n) is 2.88. The number of allylic oxidation sites excluding steroid dienone is 4. The lowest BCUT2D eigenvalue weighted by molar-refractivity contribution is -0.104. The van der Waals surface area contributed by atoms with Crippen LogP contribution in [0.1, 0.15) is 78.1 Å². The van der Waals surface area contributed by atoms with E-state index in [0.717, 1.165) is 25.4 Å². The smallest absolute Gasteiger partial charge is 0.142 e. The molecule has 0 spiro atoms. The summed E-state index contributed by atoms with van der Waals surface area (Å²) in [5, 5.41) is 0. The lowest BCUT2D eigenvalue weighted by atomic mass is 10.1. The SMILES string of the molecule is CCCCCCC=CC=O.CCCCCCC=CC=O. The number of unbranched alkanes of at least 4 members (excludes halogenated alkanes) is 8. The van der Waals surface area contributed by atoms with Crippen LogP contribution in [0.3, 0.4) is 0 Å². The van der Waals surface area contributed by atoms with Gasteiger partial charge >= 0.3 is 0 Å². The summed E-state index contributed by atoms with van der Waals surface area (Å²) in [4.78, 5) is 19.6. The van der Waals surface area contributed by atoms with Gasteiger partial charge in [-0.1, -0.05) is 64.5 Å². The van der Waals surface area contributed by atoms with Gasteiger partial charge in [-0.25, -0.2) is 0 Å². The molecule has 0 unspecified atom stereocenters. The number of carbonyl (C=O) groups is 2. The van der Waals surface area contributed by atoms with Gasteiger partial charge in [0, 0.05) is 0 Å². The molecule has 0 aromatic rings. The van der Waals surface area contributed by atoms with Crippen molar-refractivity contribution < 1.29 is 9.59 Å². The van der Waals surface area contributed by atoms with E-state index in [1.807, 2.05) is 12.2 Å². The Labute approximate surface area is 125 Å². The van der Waals surface area contributed by atoms with Gasteiger partial charge in [0.1, 0.15) is 12.6 Å². The molecule has 0 aromatic carbocycles. The molecule has 2 nitrogen and oxygen atoms in total. The minimum atomic E-state index is 0.833. The van der Waals surface area contributed by atoms with Crippen molar-refractivity contribution in [2.45, 2.75) is 78.1 Å². The van der Waals surface area contributed by atoms with Gasteiger partial charge in [-0.2, -0.15) is 0 Å². The Kier molecular flexibility index (Phi) is 24.2. The Morgan fingerprint density at radius 1 is 0.600 bits per heavy atom. The van der Waals surface area contributed by atoms with Crippen LogP contribution in [0.15, 0.2) is 24.3 Å². The zero-order chi connectivity index (χ0) is 15.3. The largest absolute Gasteiger partial charge is 0.299 e. The van der Waals surface area contributed by atoms with E-state index in [4.69, 9.17) is 0 Å². The van der Waals surface area contributed by atoms with Crippen molar-refractivity contribution in [3.05, 3.63) is 24.3 Å². The van der Waals surface area contributed by atoms with Crippen molar-refractivity contribution in [3.63, 3.8) is 0 Å². The molecule has 0 aromatic heterocycles. The molecule has 0 heterocycles. The van der Waals surface area contributed by atoms with Crippen molar-refractivity contribution in [2.24, 2.45) is 0 Å². The Balaban J connectivity index is 0. The quantitative estimate of drug-likeness (QED) is 0.271. The fourth-order valence-corrected chi connectivity index (χ4v) is 1.68. The predicted molar refractivity (Wildman–Crippen MR) is 87.9 cm³/mol. The Hall–Kier alpha value is -1.18. The summed E-state index contributed by atoms with van der Waals surface area (Å²) in [5.74, 6) is 0. The molecule has 0 N–H and O–H groups in total. The summed E-state index contributed by atoms with van der Waals surface area (Å²) in [6, 6.07) is 0. The van der Waals surface area contributed by atoms with Crippen LogP contribution in [-0.4, -0.2) is 12.6 Å². The number of hydrogen-bond donors (Lipinski definition) is 0. The van der Waals surface area contributed by atoms with Crippen molar-refractivity contribution in [3.8, 4) is 0 Å². The van der Waals surface area contributed by atoms with E-state index in [2.05, 4.69) is 13.8 Å². The van der Waals surface area contributed by atoms with Crippen LogP contribution in [0.4, 0.5) is 0 Å². The van der Waals surface area contributed by atoms with Crippen LogP contribution in [-0.2, 0) is 9.59 Å². The molecule has 0 saturated carbocycles. The summed E-state index contributed by atoms with van der Waals surface area (Å²) < 4.78 is 0. The van der Waals surface area contributed by atoms with E-state index in [-0.39, 0.29) is 0 Å². The third kappa shape index (κ3) is 25.6. The van der Waals surface area contributed by atoms with Crippen molar-refractivity contribution >= 4 is 12.6 Å². The second-order valence-electron chi connectivity index (χ2n) is 4.83. The first kappa shape index (κ1) is 21.1. The topological polar surface area (TPSA) is 34.1 Å². The summed E-state index contributed by atoms with van der Waals surface area (Å²) in [5.41, 5.74) is 0. The molecule has 0 bridgehead atoms. The maximum absolute atomic E-state index is 9.81. The first-order valence-corrected chi connectivity index (χ1v) is 8.04. The summed E-state index contributed by atoms with van der Waals surface area (Å²) in [6.07, 6.45) is 21.0. The van der Waals surface area contributed by atoms with E-state index in [0.29, 0.717) is 0 Å². The van der Waals surface area contributed by atoms with Gasteiger partial charge in [0.25, 0.3) is 0 Å². The number of carbonyl (C=O) groups excluding carboxylic acids is 2. The van der Waals surface area contributed by atoms with Crippen LogP contribution in [0, 0.1) is 0 Å². The maximum Gasteiger partial charge on any atom is 0.142 e. The van der Waals surface area contributed by atoms with Crippen LogP contribution < -0.4 is 0 Å². The Bertz CT molecular complexity index is 216. The minimum absolute atomic E-state index is 0.833. The van der Waals surface area contributed by atoms with E-state index in [9.17, 15) is 9.59 Å². The predicted octanol–water partition coefficient (Wildman–Crippen LogP) is 5.42. The number of rotatable bonds is 12. The summed E-state index contributed by atoms with van der Waals surface area (Å²) >= 11 is 0. The van der Waals surface area contributed by atoms with E-state index < -0.39 is 0 Å². The molecular formula is C18H32O2. The summed E-state index contributed by atoms with van der Waals surface area (Å²) in [7, 11) is 0. The molecule has 0 radical (unpaired) electrons. The molecule has 0 aliphatic heterocycles. The van der Waals surface area contributed by atoms with Crippen molar-refractivity contribution in [1.82, 2.24) is 0 Å². The number of aldehydes is 2. The van der Waals surface area contributed by atoms with Crippen molar-refractivity contribution in [1.29, 1.82) is 0 Å². The average molecular weight is 280 g/mol. The van der Waals surface area contributed by atoms with Crippen LogP contribution in [0.5, 0.6) is 0 Å². The van der Waals surface area contributed by atoms with E-state index >= 15 is 0 Å². The lowest BCUT2D eigenvalue weighted by Gasteiger charge is -1.92. The van der Waals surface area contributed by atoms with E-state index in [1.54, 1.807) is 12.2 Å². The molecular weight excluding hydrogens is 248 g/mol. The molecule has 0 aliphatic rings. The van der Waals surface area contributed by atoms with Gasteiger partial charge < -0.3 is 0 Å². The average Bonchev–Trinajstić information content (AvgIpc) is 2.47. The van der Waals surface area contributed by atoms with Gasteiger partial charge in [0.05, 0.1) is 0 Å². The molecule has 0 fully saturated rings. The molecule has 20 heavy (non-hydrogen) atoms. The zero-order valence-electron chi connectivity index (χ0n) is 13.4. The van der Waals surface area contributed by atoms with Crippen LogP contribution >= 0.6 is 0 Å². The van der Waals surface area contributed by atoms with Gasteiger partial charge in [-0.15, -0.1) is 0 Å². The Morgan fingerprint density at radius 2 is 1.00 bits per heavy atom. The maximum atomic E-state index is 9.81. The number of hydrogen-bond acceptors (Lipinski definition) is 2. The highest BCUT2D eigenvalue weighted by molar-refractivity contribution is 5.64. The molecule has 2 heteroatoms. The summed E-state index contributed by atoms with van der Waals surface area (Å²) in [6.45, 7) is 4.39. The fraction of sp³-hybridized carbons (Fsp3) is 0.667. The first-order chi connectivity index (χ1) is 9.83. The fourth-order valence-electron chi connectivity index (χ4n) is 1.68. The molecule has 0 rings (SSSR count). The van der Waals surface area contributed by atoms with Crippen LogP contribution in [0.2, 0.25) is 0 Å². The normalized spacial score (nSPS) is 10.5. The van der Waals surface area contributed by atoms with Gasteiger partial charge in [-0.05, 0) is 37.8 Å². The van der Waals surface area contributed by atoms with E-state index in [1.165, 1.54) is 51.4 Å². The van der Waals surface area contributed by atoms with Crippen LogP contribution in [0.25, 0.3) is 0 Å². The highest BCUT2D eigenvalue weighted by Gasteiger charge is 1.83. The minimum Gasteiger partial charge on any atom is -0.299 e. The zero-order valence-corrected chi connectivity index (χ0v) is 13.4. The monoisotopic (exact) mass is 280 g/mol.